The van der Waals surface area contributed by atoms with E-state index in [2.05, 4.69) is 77.8 Å². The lowest BCUT2D eigenvalue weighted by molar-refractivity contribution is 0.305. The van der Waals surface area contributed by atoms with Crippen LogP contribution < -0.4 is 5.32 Å². The zero-order valence-electron chi connectivity index (χ0n) is 17.0. The highest BCUT2D eigenvalue weighted by atomic mass is 15.3. The van der Waals surface area contributed by atoms with Crippen LogP contribution in [0.3, 0.4) is 0 Å². The molecule has 3 rings (SSSR count). The van der Waals surface area contributed by atoms with Crippen molar-refractivity contribution in [3.8, 4) is 0 Å². The Morgan fingerprint density at radius 3 is 2.74 bits per heavy atom. The van der Waals surface area contributed by atoms with E-state index < -0.39 is 0 Å². The van der Waals surface area contributed by atoms with E-state index in [9.17, 15) is 0 Å². The van der Waals surface area contributed by atoms with Gasteiger partial charge < -0.3 is 15.1 Å². The molecule has 2 unspecified atom stereocenters. The minimum absolute atomic E-state index is 0.275. The summed E-state index contributed by atoms with van der Waals surface area (Å²) in [6, 6.07) is 10.9. The molecule has 0 saturated carbocycles. The van der Waals surface area contributed by atoms with Crippen LogP contribution in [-0.2, 0) is 7.05 Å². The number of likely N-dealkylation sites (tertiary alicyclic amines) is 1. The van der Waals surface area contributed by atoms with Gasteiger partial charge in [-0.3, -0.25) is 9.67 Å². The van der Waals surface area contributed by atoms with Crippen LogP contribution in [0.4, 0.5) is 0 Å². The molecule has 2 heterocycles. The summed E-state index contributed by atoms with van der Waals surface area (Å²) in [4.78, 5) is 9.62. The summed E-state index contributed by atoms with van der Waals surface area (Å²) in [5.41, 5.74) is 2.63. The smallest absolute Gasteiger partial charge is 0.194 e. The topological polar surface area (TPSA) is 48.7 Å². The third-order valence-electron chi connectivity index (χ3n) is 5.24. The molecular weight excluding hydrogens is 336 g/mol. The van der Waals surface area contributed by atoms with Crippen molar-refractivity contribution in [2.45, 2.75) is 25.3 Å². The molecule has 0 amide bonds. The Bertz CT molecular complexity index is 736. The molecule has 1 aliphatic rings. The number of aromatic nitrogens is 2. The molecular formula is C21H32N6. The van der Waals surface area contributed by atoms with Crippen molar-refractivity contribution in [1.82, 2.24) is 24.9 Å². The Balaban J connectivity index is 1.70. The van der Waals surface area contributed by atoms with Crippen LogP contribution >= 0.6 is 0 Å². The number of hydrogen-bond acceptors (Lipinski definition) is 3. The molecule has 2 aromatic rings. The summed E-state index contributed by atoms with van der Waals surface area (Å²) < 4.78 is 1.89. The van der Waals surface area contributed by atoms with Crippen molar-refractivity contribution in [3.05, 3.63) is 53.9 Å². The van der Waals surface area contributed by atoms with E-state index in [1.807, 2.05) is 17.9 Å². The lowest BCUT2D eigenvalue weighted by Crippen LogP contribution is -2.40. The molecule has 146 valence electrons. The highest BCUT2D eigenvalue weighted by Gasteiger charge is 2.27. The molecule has 6 heteroatoms. The van der Waals surface area contributed by atoms with Gasteiger partial charge in [0, 0.05) is 38.8 Å². The van der Waals surface area contributed by atoms with Crippen LogP contribution in [-0.4, -0.2) is 65.8 Å². The van der Waals surface area contributed by atoms with Crippen LogP contribution in [0, 0.1) is 0 Å². The number of nitrogens with zero attached hydrogens (tertiary/aromatic N) is 5. The van der Waals surface area contributed by atoms with Crippen LogP contribution in [0.15, 0.2) is 47.7 Å². The van der Waals surface area contributed by atoms with Crippen molar-refractivity contribution < 1.29 is 0 Å². The fourth-order valence-corrected chi connectivity index (χ4v) is 3.72. The molecule has 0 aliphatic carbocycles. The van der Waals surface area contributed by atoms with Gasteiger partial charge in [-0.05, 0) is 38.6 Å². The van der Waals surface area contributed by atoms with Crippen LogP contribution in [0.25, 0.3) is 0 Å². The van der Waals surface area contributed by atoms with Gasteiger partial charge in [-0.1, -0.05) is 30.3 Å². The second-order valence-corrected chi connectivity index (χ2v) is 7.46. The minimum atomic E-state index is 0.275. The summed E-state index contributed by atoms with van der Waals surface area (Å²) in [5.74, 6) is 1.55. The van der Waals surface area contributed by atoms with Gasteiger partial charge in [-0.2, -0.15) is 5.10 Å². The summed E-state index contributed by atoms with van der Waals surface area (Å²) in [6.45, 7) is 5.78. The number of likely N-dealkylation sites (N-methyl/N-ethyl adjacent to an activating group) is 1. The Morgan fingerprint density at radius 2 is 2.11 bits per heavy atom. The third-order valence-corrected chi connectivity index (χ3v) is 5.24. The number of guanidine groups is 1. The summed E-state index contributed by atoms with van der Waals surface area (Å²) in [6.07, 6.45) is 5.28. The normalized spacial score (nSPS) is 18.9. The standard InChI is InChI=1S/C21H32N6/c1-5-22-21(23-14-20(25(2)3)17-9-7-6-8-10-17)27-12-11-18(16-27)19-13-24-26(4)15-19/h6-10,13,15,18,20H,5,11-12,14,16H2,1-4H3,(H,22,23). The van der Waals surface area contributed by atoms with Gasteiger partial charge in [0.25, 0.3) is 0 Å². The SMILES string of the molecule is CCNC(=NCC(c1ccccc1)N(C)C)N1CCC(c2cnn(C)c2)C1. The first kappa shape index (κ1) is 19.4. The van der Waals surface area contributed by atoms with E-state index in [-0.39, 0.29) is 6.04 Å². The predicted molar refractivity (Wildman–Crippen MR) is 111 cm³/mol. The van der Waals surface area contributed by atoms with Gasteiger partial charge in [0.1, 0.15) is 0 Å². The lowest BCUT2D eigenvalue weighted by Gasteiger charge is -2.26. The number of aryl methyl sites for hydroxylation is 1. The Labute approximate surface area is 162 Å². The number of hydrogen-bond donors (Lipinski definition) is 1. The molecule has 1 saturated heterocycles. The largest absolute Gasteiger partial charge is 0.357 e. The van der Waals surface area contributed by atoms with Crippen molar-refractivity contribution in [2.75, 3.05) is 40.3 Å². The molecule has 2 atom stereocenters. The Hall–Kier alpha value is -2.34. The second-order valence-electron chi connectivity index (χ2n) is 7.46. The predicted octanol–water partition coefficient (Wildman–Crippen LogP) is 2.48. The second kappa shape index (κ2) is 9.04. The monoisotopic (exact) mass is 368 g/mol. The molecule has 0 bridgehead atoms. The zero-order valence-corrected chi connectivity index (χ0v) is 17.0. The summed E-state index contributed by atoms with van der Waals surface area (Å²) in [7, 11) is 6.22. The maximum absolute atomic E-state index is 5.00. The first-order valence-electron chi connectivity index (χ1n) is 9.81. The van der Waals surface area contributed by atoms with Gasteiger partial charge in [0.2, 0.25) is 0 Å². The maximum Gasteiger partial charge on any atom is 0.194 e. The average molecular weight is 369 g/mol. The maximum atomic E-state index is 5.00. The first-order chi connectivity index (χ1) is 13.1. The van der Waals surface area contributed by atoms with Crippen LogP contribution in [0.5, 0.6) is 0 Å². The van der Waals surface area contributed by atoms with E-state index in [4.69, 9.17) is 4.99 Å². The zero-order chi connectivity index (χ0) is 19.2. The highest BCUT2D eigenvalue weighted by Crippen LogP contribution is 2.27. The van der Waals surface area contributed by atoms with E-state index in [0.717, 1.165) is 38.6 Å². The molecule has 0 radical (unpaired) electrons. The van der Waals surface area contributed by atoms with Gasteiger partial charge in [-0.15, -0.1) is 0 Å². The van der Waals surface area contributed by atoms with Crippen molar-refractivity contribution in [2.24, 2.45) is 12.0 Å². The van der Waals surface area contributed by atoms with Crippen LogP contribution in [0.1, 0.15) is 36.4 Å². The molecule has 1 aromatic heterocycles. The fraction of sp³-hybridized carbons (Fsp3) is 0.524. The van der Waals surface area contributed by atoms with Gasteiger partial charge in [-0.25, -0.2) is 0 Å². The Kier molecular flexibility index (Phi) is 6.50. The van der Waals surface area contributed by atoms with E-state index in [1.54, 1.807) is 0 Å². The molecule has 1 N–H and O–H groups in total. The molecule has 0 spiro atoms. The molecule has 6 nitrogen and oxygen atoms in total. The molecule has 1 fully saturated rings. The first-order valence-corrected chi connectivity index (χ1v) is 9.81. The van der Waals surface area contributed by atoms with Crippen molar-refractivity contribution >= 4 is 5.96 Å². The quantitative estimate of drug-likeness (QED) is 0.629. The molecule has 1 aromatic carbocycles. The van der Waals surface area contributed by atoms with Gasteiger partial charge in [0.15, 0.2) is 5.96 Å². The number of rotatable bonds is 6. The molecule has 1 aliphatic heterocycles. The Morgan fingerprint density at radius 1 is 1.33 bits per heavy atom. The van der Waals surface area contributed by atoms with Gasteiger partial charge in [0.05, 0.1) is 18.8 Å². The number of nitrogens with one attached hydrogen (secondary N) is 1. The lowest BCUT2D eigenvalue weighted by atomic mass is 10.0. The third kappa shape index (κ3) is 4.89. The summed E-state index contributed by atoms with van der Waals surface area (Å²) >= 11 is 0. The summed E-state index contributed by atoms with van der Waals surface area (Å²) in [5, 5.41) is 7.81. The fourth-order valence-electron chi connectivity index (χ4n) is 3.72. The van der Waals surface area contributed by atoms with E-state index in [0.29, 0.717) is 5.92 Å². The molecule has 27 heavy (non-hydrogen) atoms. The highest BCUT2D eigenvalue weighted by molar-refractivity contribution is 5.80. The van der Waals surface area contributed by atoms with E-state index in [1.165, 1.54) is 11.1 Å². The van der Waals surface area contributed by atoms with Crippen molar-refractivity contribution in [3.63, 3.8) is 0 Å². The minimum Gasteiger partial charge on any atom is -0.357 e. The number of aliphatic imine (C=N–C) groups is 1. The van der Waals surface area contributed by atoms with Gasteiger partial charge >= 0.3 is 0 Å². The number of benzene rings is 1. The van der Waals surface area contributed by atoms with Crippen molar-refractivity contribution in [1.29, 1.82) is 0 Å². The van der Waals surface area contributed by atoms with E-state index >= 15 is 0 Å². The van der Waals surface area contributed by atoms with Crippen LogP contribution in [0.2, 0.25) is 0 Å². The average Bonchev–Trinajstić information content (AvgIpc) is 3.30.